The summed E-state index contributed by atoms with van der Waals surface area (Å²) >= 11 is 0. The topological polar surface area (TPSA) is 112 Å². The number of carbonyl (C=O) groups excluding carboxylic acids is 1. The Morgan fingerprint density at radius 1 is 1.06 bits per heavy atom. The molecule has 0 aromatic carbocycles. The van der Waals surface area contributed by atoms with Gasteiger partial charge in [0, 0.05) is 13.1 Å². The van der Waals surface area contributed by atoms with E-state index in [0.717, 1.165) is 9.80 Å². The van der Waals surface area contributed by atoms with E-state index in [-0.39, 0.29) is 25.9 Å². The molecule has 0 bridgehead atoms. The Morgan fingerprint density at radius 2 is 1.44 bits per heavy atom. The number of hydrogen-bond acceptors (Lipinski definition) is 5. The van der Waals surface area contributed by atoms with Crippen molar-refractivity contribution in [3.05, 3.63) is 0 Å². The summed E-state index contributed by atoms with van der Waals surface area (Å²) in [5.74, 6) is 0. The average molecular weight is 224 g/mol. The number of carbonyl (C=O) groups is 1. The van der Waals surface area contributed by atoms with Crippen LogP contribution in [0.3, 0.4) is 0 Å². The molecule has 1 rings (SSSR count). The smallest absolute Gasteiger partial charge is 0.324 e. The van der Waals surface area contributed by atoms with Gasteiger partial charge in [0.25, 0.3) is 0 Å². The first-order valence-corrected chi connectivity index (χ1v) is 4.80. The summed E-state index contributed by atoms with van der Waals surface area (Å²) in [6.45, 7) is 0.132. The number of aliphatic hydroxyl groups is 2. The molecule has 0 spiro atoms. The molecular weight excluding hydrogens is 212 g/mol. The highest BCUT2D eigenvalue weighted by atomic mass is 16.4. The Hall–Kier alpha value is -1.83. The van der Waals surface area contributed by atoms with Crippen molar-refractivity contribution in [1.29, 1.82) is 10.5 Å². The lowest BCUT2D eigenvalue weighted by atomic mass is 10.4. The van der Waals surface area contributed by atoms with E-state index in [2.05, 4.69) is 0 Å². The maximum absolute atomic E-state index is 11.7. The SMILES string of the molecule is N#CCCN1C(=O)N(CCC#N)C(O)C1O. The Bertz CT molecular complexity index is 314. The van der Waals surface area contributed by atoms with Gasteiger partial charge >= 0.3 is 6.03 Å². The Balaban J connectivity index is 2.67. The van der Waals surface area contributed by atoms with Gasteiger partial charge in [0.15, 0.2) is 12.5 Å². The summed E-state index contributed by atoms with van der Waals surface area (Å²) in [7, 11) is 0. The molecule has 1 aliphatic heterocycles. The molecule has 2 amide bonds. The molecule has 16 heavy (non-hydrogen) atoms. The van der Waals surface area contributed by atoms with Gasteiger partial charge in [-0.05, 0) is 0 Å². The molecule has 0 radical (unpaired) electrons. The molecule has 1 fully saturated rings. The Morgan fingerprint density at radius 3 is 1.75 bits per heavy atom. The number of amides is 2. The molecular formula is C9H12N4O3. The van der Waals surface area contributed by atoms with Crippen LogP contribution >= 0.6 is 0 Å². The van der Waals surface area contributed by atoms with E-state index in [1.807, 2.05) is 12.1 Å². The second-order valence-electron chi connectivity index (χ2n) is 3.31. The summed E-state index contributed by atoms with van der Waals surface area (Å²) in [4.78, 5) is 13.7. The fourth-order valence-corrected chi connectivity index (χ4v) is 1.51. The first-order valence-electron chi connectivity index (χ1n) is 4.80. The van der Waals surface area contributed by atoms with Crippen molar-refractivity contribution >= 4 is 6.03 Å². The zero-order valence-corrected chi connectivity index (χ0v) is 8.57. The predicted octanol–water partition coefficient (Wildman–Crippen LogP) is -0.812. The van der Waals surface area contributed by atoms with E-state index in [1.54, 1.807) is 0 Å². The summed E-state index contributed by atoms with van der Waals surface area (Å²) in [5, 5.41) is 35.9. The second kappa shape index (κ2) is 5.31. The van der Waals surface area contributed by atoms with Crippen LogP contribution in [0.5, 0.6) is 0 Å². The molecule has 0 aliphatic carbocycles. The van der Waals surface area contributed by atoms with Crippen molar-refractivity contribution in [3.63, 3.8) is 0 Å². The van der Waals surface area contributed by atoms with Crippen molar-refractivity contribution in [2.75, 3.05) is 13.1 Å². The maximum atomic E-state index is 11.7. The Labute approximate surface area is 92.7 Å². The zero-order valence-electron chi connectivity index (χ0n) is 8.57. The predicted molar refractivity (Wildman–Crippen MR) is 51.3 cm³/mol. The minimum Gasteiger partial charge on any atom is -0.369 e. The highest BCUT2D eigenvalue weighted by Gasteiger charge is 2.43. The number of aliphatic hydroxyl groups excluding tert-OH is 2. The summed E-state index contributed by atoms with van der Waals surface area (Å²) in [5.41, 5.74) is 0. The normalized spacial score (nSPS) is 24.4. The summed E-state index contributed by atoms with van der Waals surface area (Å²) in [6, 6.07) is 3.15. The molecule has 0 aromatic rings. The number of urea groups is 1. The number of nitriles is 2. The van der Waals surface area contributed by atoms with Crippen molar-refractivity contribution in [2.45, 2.75) is 25.3 Å². The highest BCUT2D eigenvalue weighted by Crippen LogP contribution is 2.19. The minimum absolute atomic E-state index is 0.0661. The molecule has 1 heterocycles. The molecule has 2 atom stereocenters. The standard InChI is InChI=1S/C9H12N4O3/c10-3-1-5-12-7(14)8(15)13(9(12)16)6-2-4-11/h7-8,14-15H,1-2,5-6H2. The molecule has 1 saturated heterocycles. The largest absolute Gasteiger partial charge is 0.369 e. The molecule has 0 aromatic heterocycles. The van der Waals surface area contributed by atoms with Gasteiger partial charge in [0.1, 0.15) is 0 Å². The number of rotatable bonds is 4. The van der Waals surface area contributed by atoms with Crippen molar-refractivity contribution in [3.8, 4) is 12.1 Å². The van der Waals surface area contributed by atoms with Gasteiger partial charge in [0.05, 0.1) is 25.0 Å². The van der Waals surface area contributed by atoms with E-state index in [4.69, 9.17) is 10.5 Å². The lowest BCUT2D eigenvalue weighted by molar-refractivity contribution is -0.0652. The van der Waals surface area contributed by atoms with Crippen LogP contribution in [0.1, 0.15) is 12.8 Å². The maximum Gasteiger partial charge on any atom is 0.324 e. The second-order valence-corrected chi connectivity index (χ2v) is 3.31. The fraction of sp³-hybridized carbons (Fsp3) is 0.667. The van der Waals surface area contributed by atoms with Crippen LogP contribution < -0.4 is 0 Å². The van der Waals surface area contributed by atoms with Crippen LogP contribution in [-0.2, 0) is 0 Å². The molecule has 2 N–H and O–H groups in total. The van der Waals surface area contributed by atoms with Crippen LogP contribution in [0.4, 0.5) is 4.79 Å². The van der Waals surface area contributed by atoms with E-state index in [1.165, 1.54) is 0 Å². The molecule has 1 aliphatic rings. The quantitative estimate of drug-likeness (QED) is 0.648. The molecule has 86 valence electrons. The van der Waals surface area contributed by atoms with E-state index >= 15 is 0 Å². The lowest BCUT2D eigenvalue weighted by Crippen LogP contribution is -2.37. The van der Waals surface area contributed by atoms with E-state index in [9.17, 15) is 15.0 Å². The fourth-order valence-electron chi connectivity index (χ4n) is 1.51. The molecule has 7 nitrogen and oxygen atoms in total. The zero-order chi connectivity index (χ0) is 12.1. The minimum atomic E-state index is -1.33. The van der Waals surface area contributed by atoms with E-state index < -0.39 is 18.5 Å². The van der Waals surface area contributed by atoms with Crippen molar-refractivity contribution < 1.29 is 15.0 Å². The third kappa shape index (κ3) is 2.22. The number of nitrogens with zero attached hydrogens (tertiary/aromatic N) is 4. The first-order chi connectivity index (χ1) is 7.63. The monoisotopic (exact) mass is 224 g/mol. The first kappa shape index (κ1) is 12.2. The third-order valence-electron chi connectivity index (χ3n) is 2.33. The van der Waals surface area contributed by atoms with Crippen LogP contribution in [0, 0.1) is 22.7 Å². The van der Waals surface area contributed by atoms with Gasteiger partial charge < -0.3 is 10.2 Å². The molecule has 7 heteroatoms. The van der Waals surface area contributed by atoms with Crippen molar-refractivity contribution in [1.82, 2.24) is 9.80 Å². The van der Waals surface area contributed by atoms with Gasteiger partial charge in [-0.25, -0.2) is 4.79 Å². The van der Waals surface area contributed by atoms with Crippen LogP contribution in [0.15, 0.2) is 0 Å². The van der Waals surface area contributed by atoms with Gasteiger partial charge in [-0.2, -0.15) is 10.5 Å². The number of hydrogen-bond donors (Lipinski definition) is 2. The van der Waals surface area contributed by atoms with Crippen LogP contribution in [0.2, 0.25) is 0 Å². The molecule has 2 unspecified atom stereocenters. The lowest BCUT2D eigenvalue weighted by Gasteiger charge is -2.17. The van der Waals surface area contributed by atoms with Crippen LogP contribution in [-0.4, -0.2) is 51.6 Å². The van der Waals surface area contributed by atoms with E-state index in [0.29, 0.717) is 0 Å². The summed E-state index contributed by atoms with van der Waals surface area (Å²) < 4.78 is 0. The van der Waals surface area contributed by atoms with Gasteiger partial charge in [-0.1, -0.05) is 0 Å². The molecule has 0 saturated carbocycles. The third-order valence-corrected chi connectivity index (χ3v) is 2.33. The Kier molecular flexibility index (Phi) is 4.06. The van der Waals surface area contributed by atoms with Crippen molar-refractivity contribution in [2.24, 2.45) is 0 Å². The van der Waals surface area contributed by atoms with Gasteiger partial charge in [-0.3, -0.25) is 9.80 Å². The highest BCUT2D eigenvalue weighted by molar-refractivity contribution is 5.77. The van der Waals surface area contributed by atoms with Gasteiger partial charge in [0.2, 0.25) is 0 Å². The van der Waals surface area contributed by atoms with Crippen LogP contribution in [0.25, 0.3) is 0 Å². The average Bonchev–Trinajstić information content (AvgIpc) is 2.47. The van der Waals surface area contributed by atoms with Gasteiger partial charge in [-0.15, -0.1) is 0 Å². The summed E-state index contributed by atoms with van der Waals surface area (Å²) in [6.07, 6.45) is -2.50.